The van der Waals surface area contributed by atoms with Crippen LogP contribution in [0.3, 0.4) is 0 Å². The van der Waals surface area contributed by atoms with E-state index >= 15 is 0 Å². The second kappa shape index (κ2) is 8.99. The van der Waals surface area contributed by atoms with Gasteiger partial charge in [0, 0.05) is 38.3 Å². The summed E-state index contributed by atoms with van der Waals surface area (Å²) in [5.41, 5.74) is 0.854. The van der Waals surface area contributed by atoms with Crippen molar-refractivity contribution in [2.45, 2.75) is 4.90 Å². The van der Waals surface area contributed by atoms with Gasteiger partial charge < -0.3 is 19.1 Å². The molecule has 0 aromatic heterocycles. The Labute approximate surface area is 181 Å². The lowest BCUT2D eigenvalue weighted by Gasteiger charge is -2.33. The maximum Gasteiger partial charge on any atom is 0.246 e. The second-order valence-corrected chi connectivity index (χ2v) is 9.08. The lowest BCUT2D eigenvalue weighted by Crippen LogP contribution is -2.50. The zero-order valence-corrected chi connectivity index (χ0v) is 18.0. The topological polar surface area (TPSA) is 85.4 Å². The highest BCUT2D eigenvalue weighted by Gasteiger charge is 2.30. The molecule has 0 saturated carbocycles. The number of hydrogen-bond acceptors (Lipinski definition) is 6. The normalized spacial score (nSPS) is 17.0. The molecule has 0 radical (unpaired) electrons. The van der Waals surface area contributed by atoms with E-state index in [-0.39, 0.29) is 23.9 Å². The smallest absolute Gasteiger partial charge is 0.246 e. The zero-order valence-electron chi connectivity index (χ0n) is 17.2. The van der Waals surface area contributed by atoms with Crippen LogP contribution in [0.15, 0.2) is 53.4 Å². The van der Waals surface area contributed by atoms with E-state index in [1.54, 1.807) is 24.2 Å². The summed E-state index contributed by atoms with van der Waals surface area (Å²) in [6, 6.07) is 12.0. The fraction of sp³-hybridized carbons (Fsp3) is 0.318. The van der Waals surface area contributed by atoms with Crippen molar-refractivity contribution in [2.24, 2.45) is 0 Å². The average Bonchev–Trinajstić information content (AvgIpc) is 2.82. The fourth-order valence-corrected chi connectivity index (χ4v) is 4.94. The van der Waals surface area contributed by atoms with Crippen LogP contribution in [0, 0.1) is 0 Å². The van der Waals surface area contributed by atoms with Crippen LogP contribution in [0.25, 0.3) is 6.08 Å². The van der Waals surface area contributed by atoms with E-state index in [2.05, 4.69) is 0 Å². The summed E-state index contributed by atoms with van der Waals surface area (Å²) in [4.78, 5) is 14.3. The number of hydrogen-bond donors (Lipinski definition) is 0. The van der Waals surface area contributed by atoms with Crippen LogP contribution in [0.2, 0.25) is 0 Å². The SMILES string of the molecule is COc1cccc(/C=C/C(=O)N2CCN(S(=O)(=O)c3ccc4c(c3)OCCO4)CC2)c1. The van der Waals surface area contributed by atoms with Crippen LogP contribution < -0.4 is 14.2 Å². The van der Waals surface area contributed by atoms with E-state index in [1.165, 1.54) is 22.5 Å². The Hall–Kier alpha value is -3.04. The number of benzene rings is 2. The summed E-state index contributed by atoms with van der Waals surface area (Å²) in [6.45, 7) is 1.95. The molecule has 0 atom stereocenters. The Morgan fingerprint density at radius 1 is 1.00 bits per heavy atom. The molecule has 2 aromatic carbocycles. The lowest BCUT2D eigenvalue weighted by molar-refractivity contribution is -0.127. The number of nitrogens with zero attached hydrogens (tertiary/aromatic N) is 2. The minimum absolute atomic E-state index is 0.154. The number of amides is 1. The van der Waals surface area contributed by atoms with Crippen LogP contribution in [0.4, 0.5) is 0 Å². The summed E-state index contributed by atoms with van der Waals surface area (Å²) in [7, 11) is -2.09. The van der Waals surface area contributed by atoms with Gasteiger partial charge in [-0.3, -0.25) is 4.79 Å². The third-order valence-corrected chi connectivity index (χ3v) is 7.11. The number of ether oxygens (including phenoxy) is 3. The summed E-state index contributed by atoms with van der Waals surface area (Å²) in [6.07, 6.45) is 3.23. The lowest BCUT2D eigenvalue weighted by atomic mass is 10.2. The molecule has 4 rings (SSSR count). The van der Waals surface area contributed by atoms with Gasteiger partial charge >= 0.3 is 0 Å². The van der Waals surface area contributed by atoms with Crippen molar-refractivity contribution in [1.82, 2.24) is 9.21 Å². The Balaban J connectivity index is 1.38. The van der Waals surface area contributed by atoms with Crippen molar-refractivity contribution in [3.63, 3.8) is 0 Å². The predicted octanol–water partition coefficient (Wildman–Crippen LogP) is 2.01. The van der Waals surface area contributed by atoms with Crippen LogP contribution in [0.1, 0.15) is 5.56 Å². The molecule has 164 valence electrons. The highest BCUT2D eigenvalue weighted by molar-refractivity contribution is 7.89. The van der Waals surface area contributed by atoms with Gasteiger partial charge in [-0.25, -0.2) is 8.42 Å². The Bertz CT molecular complexity index is 1090. The fourth-order valence-electron chi connectivity index (χ4n) is 3.50. The maximum absolute atomic E-state index is 13.0. The number of piperazine rings is 1. The Morgan fingerprint density at radius 3 is 2.48 bits per heavy atom. The predicted molar refractivity (Wildman–Crippen MR) is 115 cm³/mol. The van der Waals surface area contributed by atoms with E-state index in [4.69, 9.17) is 14.2 Å². The highest BCUT2D eigenvalue weighted by atomic mass is 32.2. The second-order valence-electron chi connectivity index (χ2n) is 7.14. The molecule has 8 nitrogen and oxygen atoms in total. The number of sulfonamides is 1. The molecule has 2 heterocycles. The minimum Gasteiger partial charge on any atom is -0.497 e. The maximum atomic E-state index is 13.0. The Kier molecular flexibility index (Phi) is 6.15. The van der Waals surface area contributed by atoms with E-state index in [9.17, 15) is 13.2 Å². The van der Waals surface area contributed by atoms with Gasteiger partial charge in [0.1, 0.15) is 19.0 Å². The molecule has 2 aliphatic heterocycles. The van der Waals surface area contributed by atoms with Crippen molar-refractivity contribution in [3.8, 4) is 17.2 Å². The molecule has 0 bridgehead atoms. The number of fused-ring (bicyclic) bond motifs is 1. The standard InChI is InChI=1S/C22H24N2O6S/c1-28-18-4-2-3-17(15-18)5-8-22(25)23-9-11-24(12-10-23)31(26,27)19-6-7-20-21(16-19)30-14-13-29-20/h2-8,15-16H,9-14H2,1H3/b8-5+. The molecule has 0 unspecified atom stereocenters. The summed E-state index contributed by atoms with van der Waals surface area (Å²) >= 11 is 0. The number of methoxy groups -OCH3 is 1. The average molecular weight is 445 g/mol. The van der Waals surface area contributed by atoms with E-state index < -0.39 is 10.0 Å². The molecule has 0 N–H and O–H groups in total. The molecular formula is C22H24N2O6S. The molecule has 9 heteroatoms. The number of carbonyl (C=O) groups excluding carboxylic acids is 1. The van der Waals surface area contributed by atoms with Crippen LogP contribution >= 0.6 is 0 Å². The van der Waals surface area contributed by atoms with Gasteiger partial charge in [0.15, 0.2) is 11.5 Å². The van der Waals surface area contributed by atoms with Crippen LogP contribution in [-0.2, 0) is 14.8 Å². The van der Waals surface area contributed by atoms with Crippen molar-refractivity contribution in [1.29, 1.82) is 0 Å². The largest absolute Gasteiger partial charge is 0.497 e. The molecule has 0 spiro atoms. The Morgan fingerprint density at radius 2 is 1.74 bits per heavy atom. The number of carbonyl (C=O) groups is 1. The van der Waals surface area contributed by atoms with Crippen molar-refractivity contribution < 1.29 is 27.4 Å². The van der Waals surface area contributed by atoms with Crippen molar-refractivity contribution in [3.05, 3.63) is 54.1 Å². The first-order chi connectivity index (χ1) is 15.0. The van der Waals surface area contributed by atoms with E-state index in [0.717, 1.165) is 5.56 Å². The summed E-state index contributed by atoms with van der Waals surface area (Å²) in [5, 5.41) is 0. The first-order valence-corrected chi connectivity index (χ1v) is 11.4. The van der Waals surface area contributed by atoms with Crippen LogP contribution in [-0.4, -0.2) is 70.0 Å². The quantitative estimate of drug-likeness (QED) is 0.656. The molecule has 2 aromatic rings. The molecule has 1 amide bonds. The van der Waals surface area contributed by atoms with Gasteiger partial charge in [-0.2, -0.15) is 4.31 Å². The molecular weight excluding hydrogens is 420 g/mol. The molecule has 1 saturated heterocycles. The molecule has 31 heavy (non-hydrogen) atoms. The van der Waals surface area contributed by atoms with E-state index in [0.29, 0.717) is 43.6 Å². The minimum atomic E-state index is -3.68. The zero-order chi connectivity index (χ0) is 21.8. The summed E-state index contributed by atoms with van der Waals surface area (Å²) < 4.78 is 43.6. The molecule has 0 aliphatic carbocycles. The monoisotopic (exact) mass is 444 g/mol. The van der Waals surface area contributed by atoms with Gasteiger partial charge in [-0.05, 0) is 35.9 Å². The van der Waals surface area contributed by atoms with Gasteiger partial charge in [-0.15, -0.1) is 0 Å². The highest BCUT2D eigenvalue weighted by Crippen LogP contribution is 2.33. The van der Waals surface area contributed by atoms with Gasteiger partial charge in [0.05, 0.1) is 12.0 Å². The first kappa shape index (κ1) is 21.2. The third-order valence-electron chi connectivity index (χ3n) is 5.21. The van der Waals surface area contributed by atoms with Crippen LogP contribution in [0.5, 0.6) is 17.2 Å². The number of rotatable bonds is 5. The van der Waals surface area contributed by atoms with Crippen molar-refractivity contribution >= 4 is 22.0 Å². The molecule has 1 fully saturated rings. The van der Waals surface area contributed by atoms with Gasteiger partial charge in [-0.1, -0.05) is 12.1 Å². The molecule has 2 aliphatic rings. The third kappa shape index (κ3) is 4.67. The van der Waals surface area contributed by atoms with Crippen molar-refractivity contribution in [2.75, 3.05) is 46.5 Å². The van der Waals surface area contributed by atoms with E-state index in [1.807, 2.05) is 24.3 Å². The van der Waals surface area contributed by atoms with Gasteiger partial charge in [0.25, 0.3) is 0 Å². The first-order valence-electron chi connectivity index (χ1n) is 9.98. The summed E-state index contributed by atoms with van der Waals surface area (Å²) in [5.74, 6) is 1.54. The van der Waals surface area contributed by atoms with Gasteiger partial charge in [0.2, 0.25) is 15.9 Å².